The number of hydrogen-bond acceptors (Lipinski definition) is 3. The molecule has 0 aromatic rings. The Kier molecular flexibility index (Phi) is 4.68. The highest BCUT2D eigenvalue weighted by molar-refractivity contribution is 5.06. The molecule has 3 nitrogen and oxygen atoms in total. The lowest BCUT2D eigenvalue weighted by Gasteiger charge is -2.51. The molecule has 0 aromatic heterocycles. The molecule has 0 aliphatic carbocycles. The van der Waals surface area contributed by atoms with Gasteiger partial charge in [-0.2, -0.15) is 0 Å². The van der Waals surface area contributed by atoms with Gasteiger partial charge in [0.25, 0.3) is 0 Å². The molecule has 2 heterocycles. The van der Waals surface area contributed by atoms with Crippen LogP contribution >= 0.6 is 0 Å². The van der Waals surface area contributed by atoms with Crippen LogP contribution < -0.4 is 5.73 Å². The van der Waals surface area contributed by atoms with Gasteiger partial charge < -0.3 is 10.6 Å². The fourth-order valence-electron chi connectivity index (χ4n) is 4.22. The molecule has 3 heteroatoms. The summed E-state index contributed by atoms with van der Waals surface area (Å²) in [7, 11) is 2.31. The fraction of sp³-hybridized carbons (Fsp3) is 1.00. The first-order valence-electron chi connectivity index (χ1n) is 7.84. The van der Waals surface area contributed by atoms with Crippen molar-refractivity contribution < 1.29 is 0 Å². The number of hydrogen-bond donors (Lipinski definition) is 1. The summed E-state index contributed by atoms with van der Waals surface area (Å²) in [5, 5.41) is 0. The Morgan fingerprint density at radius 3 is 2.00 bits per heavy atom. The van der Waals surface area contributed by atoms with Crippen molar-refractivity contribution in [3.63, 3.8) is 0 Å². The van der Waals surface area contributed by atoms with E-state index in [1.54, 1.807) is 0 Å². The third kappa shape index (κ3) is 2.45. The first-order chi connectivity index (χ1) is 8.66. The van der Waals surface area contributed by atoms with Gasteiger partial charge in [-0.15, -0.1) is 0 Å². The molecule has 2 bridgehead atoms. The summed E-state index contributed by atoms with van der Waals surface area (Å²) >= 11 is 0. The van der Waals surface area contributed by atoms with Crippen molar-refractivity contribution in [3.8, 4) is 0 Å². The minimum atomic E-state index is 0.296. The Morgan fingerprint density at radius 2 is 1.61 bits per heavy atom. The topological polar surface area (TPSA) is 32.5 Å². The van der Waals surface area contributed by atoms with Crippen molar-refractivity contribution in [1.82, 2.24) is 9.80 Å². The van der Waals surface area contributed by atoms with Crippen LogP contribution in [0.5, 0.6) is 0 Å². The van der Waals surface area contributed by atoms with Crippen LogP contribution in [0.1, 0.15) is 52.4 Å². The van der Waals surface area contributed by atoms with Gasteiger partial charge >= 0.3 is 0 Å². The maximum atomic E-state index is 6.24. The molecule has 0 spiro atoms. The number of nitrogens with zero attached hydrogens (tertiary/aromatic N) is 2. The highest BCUT2D eigenvalue weighted by Gasteiger charge is 2.48. The van der Waals surface area contributed by atoms with Gasteiger partial charge in [-0.25, -0.2) is 0 Å². The molecule has 18 heavy (non-hydrogen) atoms. The van der Waals surface area contributed by atoms with E-state index in [4.69, 9.17) is 5.73 Å². The Balaban J connectivity index is 2.14. The predicted octanol–water partition coefficient (Wildman–Crippen LogP) is 2.06. The Labute approximate surface area is 113 Å². The molecule has 2 aliphatic rings. The minimum Gasteiger partial charge on any atom is -0.329 e. The van der Waals surface area contributed by atoms with Crippen LogP contribution in [0.3, 0.4) is 0 Å². The lowest BCUT2D eigenvalue weighted by Crippen LogP contribution is -2.62. The zero-order chi connectivity index (χ0) is 13.2. The maximum Gasteiger partial charge on any atom is 0.0361 e. The van der Waals surface area contributed by atoms with Crippen molar-refractivity contribution in [1.29, 1.82) is 0 Å². The van der Waals surface area contributed by atoms with Crippen molar-refractivity contribution in [2.24, 2.45) is 5.73 Å². The van der Waals surface area contributed by atoms with E-state index in [1.807, 2.05) is 0 Å². The second kappa shape index (κ2) is 5.89. The van der Waals surface area contributed by atoms with E-state index >= 15 is 0 Å². The predicted molar refractivity (Wildman–Crippen MR) is 77.7 cm³/mol. The van der Waals surface area contributed by atoms with Gasteiger partial charge in [-0.1, -0.05) is 13.8 Å². The average Bonchev–Trinajstić information content (AvgIpc) is 2.62. The molecule has 2 rings (SSSR count). The van der Waals surface area contributed by atoms with Gasteiger partial charge in [-0.05, 0) is 58.7 Å². The number of fused-ring (bicyclic) bond motifs is 2. The largest absolute Gasteiger partial charge is 0.329 e. The van der Waals surface area contributed by atoms with E-state index in [-0.39, 0.29) is 0 Å². The third-order valence-electron chi connectivity index (χ3n) is 5.25. The van der Waals surface area contributed by atoms with Gasteiger partial charge in [0, 0.05) is 24.2 Å². The monoisotopic (exact) mass is 253 g/mol. The summed E-state index contributed by atoms with van der Waals surface area (Å²) in [6, 6.07) is 1.56. The summed E-state index contributed by atoms with van der Waals surface area (Å²) in [5.74, 6) is 0. The Bertz CT molecular complexity index is 246. The number of rotatable bonds is 6. The van der Waals surface area contributed by atoms with Crippen molar-refractivity contribution in [2.75, 3.05) is 26.7 Å². The number of piperidine rings is 1. The van der Waals surface area contributed by atoms with E-state index in [1.165, 1.54) is 51.6 Å². The second-order valence-corrected chi connectivity index (χ2v) is 6.37. The highest BCUT2D eigenvalue weighted by atomic mass is 15.3. The van der Waals surface area contributed by atoms with E-state index in [9.17, 15) is 0 Å². The summed E-state index contributed by atoms with van der Waals surface area (Å²) in [4.78, 5) is 5.33. The summed E-state index contributed by atoms with van der Waals surface area (Å²) in [5.41, 5.74) is 6.53. The maximum absolute atomic E-state index is 6.24. The minimum absolute atomic E-state index is 0.296. The normalized spacial score (nSPS) is 36.5. The van der Waals surface area contributed by atoms with Crippen LogP contribution in [0.15, 0.2) is 0 Å². The smallest absolute Gasteiger partial charge is 0.0361 e. The van der Waals surface area contributed by atoms with Gasteiger partial charge in [0.15, 0.2) is 0 Å². The van der Waals surface area contributed by atoms with Crippen molar-refractivity contribution in [2.45, 2.75) is 70.0 Å². The van der Waals surface area contributed by atoms with Gasteiger partial charge in [0.1, 0.15) is 0 Å². The molecule has 0 aromatic carbocycles. The van der Waals surface area contributed by atoms with E-state index in [0.29, 0.717) is 5.54 Å². The van der Waals surface area contributed by atoms with E-state index < -0.39 is 0 Å². The summed E-state index contributed by atoms with van der Waals surface area (Å²) in [6.45, 7) is 7.85. The quantitative estimate of drug-likeness (QED) is 0.786. The molecule has 2 fully saturated rings. The van der Waals surface area contributed by atoms with Crippen LogP contribution in [0.2, 0.25) is 0 Å². The first kappa shape index (κ1) is 14.3. The van der Waals surface area contributed by atoms with Gasteiger partial charge in [0.05, 0.1) is 0 Å². The van der Waals surface area contributed by atoms with Crippen molar-refractivity contribution >= 4 is 0 Å². The fourth-order valence-corrected chi connectivity index (χ4v) is 4.22. The molecule has 2 atom stereocenters. The molecule has 2 unspecified atom stereocenters. The zero-order valence-corrected chi connectivity index (χ0v) is 12.5. The molecular weight excluding hydrogens is 222 g/mol. The Morgan fingerprint density at radius 1 is 1.11 bits per heavy atom. The standard InChI is InChI=1S/C15H31N3/c1-4-8-18(9-5-2)15(12-16)10-13-6-7-14(11-15)17(13)3/h13-14H,4-12,16H2,1-3H3. The van der Waals surface area contributed by atoms with Crippen LogP contribution in [0, 0.1) is 0 Å². The highest BCUT2D eigenvalue weighted by Crippen LogP contribution is 2.42. The zero-order valence-electron chi connectivity index (χ0n) is 12.5. The first-order valence-corrected chi connectivity index (χ1v) is 7.84. The lowest BCUT2D eigenvalue weighted by molar-refractivity contribution is 0.000733. The summed E-state index contributed by atoms with van der Waals surface area (Å²) < 4.78 is 0. The SMILES string of the molecule is CCCN(CCC)C1(CN)CC2CCC(C1)N2C. The summed E-state index contributed by atoms with van der Waals surface area (Å²) in [6.07, 6.45) is 7.83. The second-order valence-electron chi connectivity index (χ2n) is 6.37. The van der Waals surface area contributed by atoms with Crippen LogP contribution in [-0.4, -0.2) is 54.1 Å². The van der Waals surface area contributed by atoms with Crippen LogP contribution in [0.4, 0.5) is 0 Å². The van der Waals surface area contributed by atoms with Crippen molar-refractivity contribution in [3.05, 3.63) is 0 Å². The molecule has 0 radical (unpaired) electrons. The molecule has 2 N–H and O–H groups in total. The Hall–Kier alpha value is -0.120. The molecule has 0 amide bonds. The molecule has 2 aliphatic heterocycles. The number of nitrogens with two attached hydrogens (primary N) is 1. The lowest BCUT2D eigenvalue weighted by atomic mass is 9.81. The molecule has 2 saturated heterocycles. The average molecular weight is 253 g/mol. The molecular formula is C15H31N3. The van der Waals surface area contributed by atoms with Gasteiger partial charge in [-0.3, -0.25) is 4.90 Å². The van der Waals surface area contributed by atoms with Gasteiger partial charge in [0.2, 0.25) is 0 Å². The molecule has 106 valence electrons. The molecule has 0 saturated carbocycles. The van der Waals surface area contributed by atoms with E-state index in [0.717, 1.165) is 18.6 Å². The van der Waals surface area contributed by atoms with Crippen LogP contribution in [0.25, 0.3) is 0 Å². The van der Waals surface area contributed by atoms with Crippen LogP contribution in [-0.2, 0) is 0 Å². The van der Waals surface area contributed by atoms with E-state index in [2.05, 4.69) is 30.7 Å². The third-order valence-corrected chi connectivity index (χ3v) is 5.25.